The molecule has 2 atom stereocenters. The van der Waals surface area contributed by atoms with Crippen LogP contribution in [0.5, 0.6) is 0 Å². The Morgan fingerprint density at radius 3 is 2.54 bits per heavy atom. The van der Waals surface area contributed by atoms with Gasteiger partial charge in [0.15, 0.2) is 0 Å². The summed E-state index contributed by atoms with van der Waals surface area (Å²) in [4.78, 5) is 12.1. The molecule has 124 valence electrons. The zero-order chi connectivity index (χ0) is 16.9. The Morgan fingerprint density at radius 1 is 1.08 bits per heavy atom. The van der Waals surface area contributed by atoms with Gasteiger partial charge in [-0.25, -0.2) is 8.42 Å². The molecule has 24 heavy (non-hydrogen) atoms. The summed E-state index contributed by atoms with van der Waals surface area (Å²) in [7, 11) is -3.65. The summed E-state index contributed by atoms with van der Waals surface area (Å²) in [5.74, 6) is -0.0537. The number of amides is 1. The van der Waals surface area contributed by atoms with Gasteiger partial charge in [0.25, 0.3) is 10.0 Å². The Bertz CT molecular complexity index is 906. The Kier molecular flexibility index (Phi) is 3.38. The van der Waals surface area contributed by atoms with Crippen molar-refractivity contribution in [2.45, 2.75) is 24.3 Å². The van der Waals surface area contributed by atoms with E-state index in [1.165, 1.54) is 4.31 Å². The molecule has 0 aliphatic carbocycles. The first-order valence-corrected chi connectivity index (χ1v) is 9.38. The molecule has 2 aromatic carbocycles. The molecule has 0 radical (unpaired) electrons. The van der Waals surface area contributed by atoms with Crippen molar-refractivity contribution in [3.8, 4) is 0 Å². The SMILES string of the molecule is Cc1ccc(S(=O)(=O)N2CC3CC(=O)NC3c3ccccc32)cc1. The molecule has 2 unspecified atom stereocenters. The van der Waals surface area contributed by atoms with Gasteiger partial charge in [-0.3, -0.25) is 9.10 Å². The number of rotatable bonds is 2. The highest BCUT2D eigenvalue weighted by Gasteiger charge is 2.43. The Hall–Kier alpha value is -2.34. The number of hydrogen-bond acceptors (Lipinski definition) is 3. The highest BCUT2D eigenvalue weighted by Crippen LogP contribution is 2.43. The number of aryl methyl sites for hydroxylation is 1. The molecule has 1 saturated heterocycles. The first-order chi connectivity index (χ1) is 11.5. The number of fused-ring (bicyclic) bond motifs is 3. The lowest BCUT2D eigenvalue weighted by Gasteiger charge is -2.36. The highest BCUT2D eigenvalue weighted by atomic mass is 32.2. The number of sulfonamides is 1. The zero-order valence-corrected chi connectivity index (χ0v) is 14.1. The lowest BCUT2D eigenvalue weighted by Crippen LogP contribution is -2.41. The second-order valence-corrected chi connectivity index (χ2v) is 8.28. The van der Waals surface area contributed by atoms with Crippen LogP contribution >= 0.6 is 0 Å². The van der Waals surface area contributed by atoms with Gasteiger partial charge in [0.1, 0.15) is 0 Å². The lowest BCUT2D eigenvalue weighted by molar-refractivity contribution is -0.119. The molecule has 1 fully saturated rings. The molecular formula is C18H18N2O3S. The fourth-order valence-corrected chi connectivity index (χ4v) is 5.11. The second-order valence-electron chi connectivity index (χ2n) is 6.42. The van der Waals surface area contributed by atoms with E-state index >= 15 is 0 Å². The third-order valence-corrected chi connectivity index (χ3v) is 6.58. The van der Waals surface area contributed by atoms with Crippen molar-refractivity contribution >= 4 is 21.6 Å². The van der Waals surface area contributed by atoms with Crippen molar-refractivity contribution < 1.29 is 13.2 Å². The van der Waals surface area contributed by atoms with Gasteiger partial charge >= 0.3 is 0 Å². The van der Waals surface area contributed by atoms with E-state index in [0.717, 1.165) is 11.1 Å². The molecule has 2 aliphatic rings. The number of carbonyl (C=O) groups excluding carboxylic acids is 1. The topological polar surface area (TPSA) is 66.5 Å². The van der Waals surface area contributed by atoms with Crippen LogP contribution in [0.25, 0.3) is 0 Å². The molecule has 2 aliphatic heterocycles. The fourth-order valence-electron chi connectivity index (χ4n) is 3.56. The molecule has 0 aromatic heterocycles. The second kappa shape index (κ2) is 5.34. The zero-order valence-electron chi connectivity index (χ0n) is 13.3. The molecular weight excluding hydrogens is 324 g/mol. The van der Waals surface area contributed by atoms with Gasteiger partial charge in [-0.2, -0.15) is 0 Å². The molecule has 5 nitrogen and oxygen atoms in total. The number of nitrogens with one attached hydrogen (secondary N) is 1. The number of carbonyl (C=O) groups is 1. The average Bonchev–Trinajstić information content (AvgIpc) is 2.95. The van der Waals surface area contributed by atoms with E-state index in [0.29, 0.717) is 18.7 Å². The van der Waals surface area contributed by atoms with Crippen LogP contribution in [0, 0.1) is 12.8 Å². The molecule has 0 saturated carbocycles. The van der Waals surface area contributed by atoms with Crippen molar-refractivity contribution in [1.29, 1.82) is 0 Å². The average molecular weight is 342 g/mol. The standard InChI is InChI=1S/C18H18N2O3S/c1-12-6-8-14(9-7-12)24(22,23)20-11-13-10-17(21)19-18(13)15-4-2-3-5-16(15)20/h2-9,13,18H,10-11H2,1H3,(H,19,21). The van der Waals surface area contributed by atoms with Crippen LogP contribution in [0.15, 0.2) is 53.4 Å². The van der Waals surface area contributed by atoms with E-state index in [9.17, 15) is 13.2 Å². The van der Waals surface area contributed by atoms with E-state index in [1.807, 2.05) is 31.2 Å². The minimum Gasteiger partial charge on any atom is -0.349 e. The lowest BCUT2D eigenvalue weighted by atomic mass is 9.89. The summed E-state index contributed by atoms with van der Waals surface area (Å²) in [6.45, 7) is 2.24. The van der Waals surface area contributed by atoms with Crippen LogP contribution in [-0.2, 0) is 14.8 Å². The summed E-state index contributed by atoms with van der Waals surface area (Å²) in [5.41, 5.74) is 2.54. The number of hydrogen-bond donors (Lipinski definition) is 1. The van der Waals surface area contributed by atoms with Crippen LogP contribution in [0.2, 0.25) is 0 Å². The first kappa shape index (κ1) is 15.2. The van der Waals surface area contributed by atoms with E-state index in [-0.39, 0.29) is 22.8 Å². The fraction of sp³-hybridized carbons (Fsp3) is 0.278. The summed E-state index contributed by atoms with van der Waals surface area (Å²) < 4.78 is 27.8. The van der Waals surface area contributed by atoms with E-state index in [2.05, 4.69) is 5.32 Å². The van der Waals surface area contributed by atoms with Gasteiger partial charge in [-0.15, -0.1) is 0 Å². The monoisotopic (exact) mass is 342 g/mol. The number of benzene rings is 2. The molecule has 0 bridgehead atoms. The van der Waals surface area contributed by atoms with Gasteiger partial charge in [0.2, 0.25) is 5.91 Å². The predicted octanol–water partition coefficient (Wildman–Crippen LogP) is 2.38. The van der Waals surface area contributed by atoms with Crippen LogP contribution in [0.4, 0.5) is 5.69 Å². The summed E-state index contributed by atoms with van der Waals surface area (Å²) in [6, 6.07) is 14.2. The van der Waals surface area contributed by atoms with Gasteiger partial charge in [0.05, 0.1) is 16.6 Å². The van der Waals surface area contributed by atoms with Crippen molar-refractivity contribution in [3.05, 3.63) is 59.7 Å². The highest BCUT2D eigenvalue weighted by molar-refractivity contribution is 7.92. The van der Waals surface area contributed by atoms with Crippen LogP contribution < -0.4 is 9.62 Å². The summed E-state index contributed by atoms with van der Waals surface area (Å²) >= 11 is 0. The van der Waals surface area contributed by atoms with E-state index < -0.39 is 10.0 Å². The van der Waals surface area contributed by atoms with Gasteiger partial charge in [-0.1, -0.05) is 35.9 Å². The third-order valence-electron chi connectivity index (χ3n) is 4.79. The summed E-state index contributed by atoms with van der Waals surface area (Å²) in [5, 5.41) is 2.97. The normalized spacial score (nSPS) is 22.7. The maximum Gasteiger partial charge on any atom is 0.264 e. The minimum absolute atomic E-state index is 0.0191. The van der Waals surface area contributed by atoms with E-state index in [1.54, 1.807) is 24.3 Å². The maximum absolute atomic E-state index is 13.2. The molecule has 0 spiro atoms. The Labute approximate surface area is 141 Å². The molecule has 1 amide bonds. The third kappa shape index (κ3) is 2.29. The molecule has 6 heteroatoms. The smallest absolute Gasteiger partial charge is 0.264 e. The Balaban J connectivity index is 1.82. The van der Waals surface area contributed by atoms with Crippen molar-refractivity contribution in [3.63, 3.8) is 0 Å². The molecule has 4 rings (SSSR count). The maximum atomic E-state index is 13.2. The van der Waals surface area contributed by atoms with Gasteiger partial charge in [0, 0.05) is 18.9 Å². The molecule has 2 heterocycles. The first-order valence-electron chi connectivity index (χ1n) is 7.94. The minimum atomic E-state index is -3.65. The van der Waals surface area contributed by atoms with Gasteiger partial charge < -0.3 is 5.32 Å². The molecule has 1 N–H and O–H groups in total. The molecule has 2 aromatic rings. The summed E-state index contributed by atoms with van der Waals surface area (Å²) in [6.07, 6.45) is 0.360. The Morgan fingerprint density at radius 2 is 1.79 bits per heavy atom. The van der Waals surface area contributed by atoms with Crippen molar-refractivity contribution in [2.24, 2.45) is 5.92 Å². The predicted molar refractivity (Wildman–Crippen MR) is 91.1 cm³/mol. The number of anilines is 1. The largest absolute Gasteiger partial charge is 0.349 e. The van der Waals surface area contributed by atoms with E-state index in [4.69, 9.17) is 0 Å². The van der Waals surface area contributed by atoms with Gasteiger partial charge in [-0.05, 0) is 30.7 Å². The van der Waals surface area contributed by atoms with Crippen LogP contribution in [0.1, 0.15) is 23.6 Å². The quantitative estimate of drug-likeness (QED) is 0.911. The van der Waals surface area contributed by atoms with Crippen molar-refractivity contribution in [2.75, 3.05) is 10.8 Å². The van der Waals surface area contributed by atoms with Crippen molar-refractivity contribution in [1.82, 2.24) is 5.32 Å². The number of nitrogens with zero attached hydrogens (tertiary/aromatic N) is 1. The van der Waals surface area contributed by atoms with Crippen LogP contribution in [-0.4, -0.2) is 20.9 Å². The number of para-hydroxylation sites is 1. The van der Waals surface area contributed by atoms with Crippen LogP contribution in [0.3, 0.4) is 0 Å².